The van der Waals surface area contributed by atoms with Gasteiger partial charge >= 0.3 is 0 Å². The molecule has 5 nitrogen and oxygen atoms in total. The molecular weight excluding hydrogens is 476 g/mol. The van der Waals surface area contributed by atoms with Crippen LogP contribution in [-0.2, 0) is 16.2 Å². The number of halogens is 2. The second-order valence-corrected chi connectivity index (χ2v) is 8.29. The Morgan fingerprint density at radius 3 is 2.38 bits per heavy atom. The molecule has 0 bridgehead atoms. The minimum atomic E-state index is -0.454. The molecule has 0 radical (unpaired) electrons. The molecule has 0 atom stereocenters. The Morgan fingerprint density at radius 2 is 1.79 bits per heavy atom. The van der Waals surface area contributed by atoms with Crippen molar-refractivity contribution in [1.29, 1.82) is 0 Å². The fraction of sp³-hybridized carbons (Fsp3) is 0.190. The van der Waals surface area contributed by atoms with E-state index in [1.807, 2.05) is 31.2 Å². The summed E-state index contributed by atoms with van der Waals surface area (Å²) in [5, 5.41) is 0.531. The third-order valence-electron chi connectivity index (χ3n) is 4.44. The zero-order chi connectivity index (χ0) is 21.3. The highest BCUT2D eigenvalue weighted by atomic mass is 79.9. The molecule has 29 heavy (non-hydrogen) atoms. The number of carbonyl (C=O) groups is 2. The summed E-state index contributed by atoms with van der Waals surface area (Å²) in [6.07, 6.45) is 1.50. The van der Waals surface area contributed by atoms with Crippen molar-refractivity contribution in [2.24, 2.45) is 0 Å². The highest BCUT2D eigenvalue weighted by molar-refractivity contribution is 9.10. The van der Waals surface area contributed by atoms with Gasteiger partial charge in [-0.1, -0.05) is 41.4 Å². The monoisotopic (exact) mass is 492 g/mol. The van der Waals surface area contributed by atoms with Gasteiger partial charge in [-0.2, -0.15) is 0 Å². The van der Waals surface area contributed by atoms with Gasteiger partial charge in [-0.3, -0.25) is 19.4 Å². The number of ether oxygens (including phenoxy) is 1. The van der Waals surface area contributed by atoms with Crippen LogP contribution in [-0.4, -0.2) is 40.8 Å². The molecule has 0 unspecified atom stereocenters. The molecule has 3 rings (SSSR count). The summed E-state index contributed by atoms with van der Waals surface area (Å²) >= 11 is 15.0. The lowest BCUT2D eigenvalue weighted by Gasteiger charge is -2.31. The predicted molar refractivity (Wildman–Crippen MR) is 121 cm³/mol. The fourth-order valence-electron chi connectivity index (χ4n) is 2.90. The summed E-state index contributed by atoms with van der Waals surface area (Å²) in [6, 6.07) is 11.4. The molecule has 2 amide bonds. The minimum absolute atomic E-state index is 0.0139. The number of amides is 2. The smallest absolute Gasteiger partial charge is 0.265 e. The van der Waals surface area contributed by atoms with E-state index in [1.165, 1.54) is 30.0 Å². The maximum atomic E-state index is 12.5. The van der Waals surface area contributed by atoms with E-state index in [9.17, 15) is 9.59 Å². The largest absolute Gasteiger partial charge is 0.486 e. The van der Waals surface area contributed by atoms with E-state index in [0.29, 0.717) is 27.4 Å². The number of hydrogen-bond acceptors (Lipinski definition) is 4. The van der Waals surface area contributed by atoms with Gasteiger partial charge in [0, 0.05) is 14.1 Å². The summed E-state index contributed by atoms with van der Waals surface area (Å²) in [5.41, 5.74) is 2.78. The standard InChI is InChI=1S/C21H18BrClN2O3S/c1-12-5-4-6-13(7-12)11-28-18-16(22)9-14(10-17(18)23)8-15-19(26)24(2)21(29)25(3)20(15)27/h4-10H,11H2,1-3H3. The Labute approximate surface area is 188 Å². The minimum Gasteiger partial charge on any atom is -0.486 e. The van der Waals surface area contributed by atoms with Crippen molar-refractivity contribution in [1.82, 2.24) is 9.80 Å². The van der Waals surface area contributed by atoms with E-state index in [-0.39, 0.29) is 10.7 Å². The first-order chi connectivity index (χ1) is 13.7. The molecule has 150 valence electrons. The molecule has 1 aliphatic heterocycles. The van der Waals surface area contributed by atoms with Gasteiger partial charge in [0.2, 0.25) is 0 Å². The van der Waals surface area contributed by atoms with Crippen LogP contribution < -0.4 is 4.74 Å². The summed E-state index contributed by atoms with van der Waals surface area (Å²) < 4.78 is 6.50. The molecule has 2 aromatic carbocycles. The average Bonchev–Trinajstić information content (AvgIpc) is 2.67. The van der Waals surface area contributed by atoms with E-state index in [2.05, 4.69) is 15.9 Å². The van der Waals surface area contributed by atoms with E-state index in [0.717, 1.165) is 11.1 Å². The zero-order valence-corrected chi connectivity index (χ0v) is 19.2. The Kier molecular flexibility index (Phi) is 6.41. The predicted octanol–water partition coefficient (Wildman–Crippen LogP) is 4.59. The van der Waals surface area contributed by atoms with Crippen molar-refractivity contribution < 1.29 is 14.3 Å². The van der Waals surface area contributed by atoms with Gasteiger partial charge in [0.15, 0.2) is 10.9 Å². The summed E-state index contributed by atoms with van der Waals surface area (Å²) in [5.74, 6) is -0.415. The molecule has 2 aromatic rings. The number of likely N-dealkylation sites (N-methyl/N-ethyl adjacent to an activating group) is 2. The second-order valence-electron chi connectivity index (χ2n) is 6.66. The lowest BCUT2D eigenvalue weighted by Crippen LogP contribution is -2.52. The molecule has 1 aliphatic rings. The van der Waals surface area contributed by atoms with Crippen molar-refractivity contribution >= 4 is 62.8 Å². The molecule has 1 fully saturated rings. The lowest BCUT2D eigenvalue weighted by molar-refractivity contribution is -0.132. The Morgan fingerprint density at radius 1 is 1.14 bits per heavy atom. The van der Waals surface area contributed by atoms with Gasteiger partial charge in [0.25, 0.3) is 11.8 Å². The molecule has 0 saturated carbocycles. The zero-order valence-electron chi connectivity index (χ0n) is 16.0. The first kappa shape index (κ1) is 21.5. The Bertz CT molecular complexity index is 1000. The van der Waals surface area contributed by atoms with Gasteiger partial charge in [-0.15, -0.1) is 0 Å². The van der Waals surface area contributed by atoms with Crippen LogP contribution in [0.3, 0.4) is 0 Å². The van der Waals surface area contributed by atoms with Crippen LogP contribution in [0, 0.1) is 6.92 Å². The average molecular weight is 494 g/mol. The molecule has 8 heteroatoms. The molecule has 0 spiro atoms. The molecule has 1 heterocycles. The highest BCUT2D eigenvalue weighted by Gasteiger charge is 2.35. The summed E-state index contributed by atoms with van der Waals surface area (Å²) in [6.45, 7) is 2.38. The van der Waals surface area contributed by atoms with Crippen LogP contribution in [0.15, 0.2) is 46.4 Å². The molecule has 0 aliphatic carbocycles. The van der Waals surface area contributed by atoms with Crippen LogP contribution in [0.5, 0.6) is 5.75 Å². The number of benzene rings is 2. The van der Waals surface area contributed by atoms with Gasteiger partial charge in [0.1, 0.15) is 12.2 Å². The van der Waals surface area contributed by atoms with Crippen LogP contribution in [0.25, 0.3) is 6.08 Å². The highest BCUT2D eigenvalue weighted by Crippen LogP contribution is 2.36. The van der Waals surface area contributed by atoms with Crippen LogP contribution in [0.2, 0.25) is 5.02 Å². The van der Waals surface area contributed by atoms with Crippen molar-refractivity contribution in [3.63, 3.8) is 0 Å². The van der Waals surface area contributed by atoms with Gasteiger partial charge in [0.05, 0.1) is 9.50 Å². The second kappa shape index (κ2) is 8.65. The maximum Gasteiger partial charge on any atom is 0.265 e. The van der Waals surface area contributed by atoms with Crippen molar-refractivity contribution in [2.45, 2.75) is 13.5 Å². The van der Waals surface area contributed by atoms with E-state index < -0.39 is 11.8 Å². The van der Waals surface area contributed by atoms with Crippen LogP contribution >= 0.6 is 39.7 Å². The topological polar surface area (TPSA) is 49.9 Å². The third kappa shape index (κ3) is 4.52. The quantitative estimate of drug-likeness (QED) is 0.355. The first-order valence-electron chi connectivity index (χ1n) is 8.68. The number of aryl methyl sites for hydroxylation is 1. The third-order valence-corrected chi connectivity index (χ3v) is 5.86. The summed E-state index contributed by atoms with van der Waals surface area (Å²) in [4.78, 5) is 27.5. The van der Waals surface area contributed by atoms with E-state index in [1.54, 1.807) is 12.1 Å². The number of carbonyl (C=O) groups excluding carboxylic acids is 2. The number of rotatable bonds is 4. The Hall–Kier alpha value is -2.22. The van der Waals surface area contributed by atoms with Crippen molar-refractivity contribution in [2.75, 3.05) is 14.1 Å². The normalized spacial score (nSPS) is 14.5. The van der Waals surface area contributed by atoms with Crippen molar-refractivity contribution in [3.8, 4) is 5.75 Å². The molecule has 1 saturated heterocycles. The van der Waals surface area contributed by atoms with Gasteiger partial charge in [-0.25, -0.2) is 0 Å². The van der Waals surface area contributed by atoms with Crippen LogP contribution in [0.1, 0.15) is 16.7 Å². The van der Waals surface area contributed by atoms with Gasteiger partial charge < -0.3 is 4.74 Å². The van der Waals surface area contributed by atoms with Crippen molar-refractivity contribution in [3.05, 3.63) is 68.2 Å². The van der Waals surface area contributed by atoms with E-state index >= 15 is 0 Å². The van der Waals surface area contributed by atoms with Crippen LogP contribution in [0.4, 0.5) is 0 Å². The van der Waals surface area contributed by atoms with Gasteiger partial charge in [-0.05, 0) is 64.4 Å². The SMILES string of the molecule is Cc1cccc(COc2c(Cl)cc(C=C3C(=O)N(C)C(=S)N(C)C3=O)cc2Br)c1. The number of nitrogens with zero attached hydrogens (tertiary/aromatic N) is 2. The number of hydrogen-bond donors (Lipinski definition) is 0. The molecular formula is C21H18BrClN2O3S. The Balaban J connectivity index is 1.87. The molecule has 0 N–H and O–H groups in total. The summed E-state index contributed by atoms with van der Waals surface area (Å²) in [7, 11) is 3.07. The fourth-order valence-corrected chi connectivity index (χ4v) is 4.05. The maximum absolute atomic E-state index is 12.5. The molecule has 0 aromatic heterocycles. The first-order valence-corrected chi connectivity index (χ1v) is 10.3. The number of thiocarbonyl (C=S) groups is 1. The lowest BCUT2D eigenvalue weighted by atomic mass is 10.1. The van der Waals surface area contributed by atoms with E-state index in [4.69, 9.17) is 28.6 Å².